The van der Waals surface area contributed by atoms with Gasteiger partial charge in [-0.2, -0.15) is 18.2 Å². The van der Waals surface area contributed by atoms with Crippen molar-refractivity contribution in [1.29, 1.82) is 0 Å². The minimum Gasteiger partial charge on any atom is -0.439 e. The number of hydrogen-bond donors (Lipinski definition) is 0. The van der Waals surface area contributed by atoms with E-state index >= 15 is 0 Å². The molecule has 0 unspecified atom stereocenters. The molecule has 8 heteroatoms. The standard InChI is InChI=1S/C14H9F3N2O2S/c1-8-7-19-12(20)6-11(18-13(19)22-8)21-10-4-2-3-9(5-10)14(15,16)17/h2-7H,1H3. The molecule has 0 saturated carbocycles. The van der Waals surface area contributed by atoms with Crippen LogP contribution in [0.3, 0.4) is 0 Å². The first-order valence-corrected chi connectivity index (χ1v) is 6.99. The molecule has 0 aliphatic rings. The van der Waals surface area contributed by atoms with Crippen molar-refractivity contribution < 1.29 is 17.9 Å². The van der Waals surface area contributed by atoms with Gasteiger partial charge in [0.15, 0.2) is 4.96 Å². The summed E-state index contributed by atoms with van der Waals surface area (Å²) < 4.78 is 44.6. The molecule has 0 aliphatic heterocycles. The van der Waals surface area contributed by atoms with Crippen LogP contribution in [0.15, 0.2) is 41.3 Å². The van der Waals surface area contributed by atoms with Gasteiger partial charge < -0.3 is 4.74 Å². The Morgan fingerprint density at radius 3 is 2.77 bits per heavy atom. The summed E-state index contributed by atoms with van der Waals surface area (Å²) in [4.78, 5) is 17.3. The molecule has 0 aliphatic carbocycles. The van der Waals surface area contributed by atoms with Gasteiger partial charge in [-0.1, -0.05) is 6.07 Å². The normalized spacial score (nSPS) is 11.8. The molecule has 3 aromatic rings. The molecule has 0 fully saturated rings. The van der Waals surface area contributed by atoms with Crippen molar-refractivity contribution in [2.45, 2.75) is 13.1 Å². The van der Waals surface area contributed by atoms with Gasteiger partial charge >= 0.3 is 6.18 Å². The summed E-state index contributed by atoms with van der Waals surface area (Å²) in [6.45, 7) is 1.83. The van der Waals surface area contributed by atoms with Crippen LogP contribution in [-0.2, 0) is 6.18 Å². The summed E-state index contributed by atoms with van der Waals surface area (Å²) in [6.07, 6.45) is -2.81. The maximum absolute atomic E-state index is 12.7. The molecule has 4 nitrogen and oxygen atoms in total. The lowest BCUT2D eigenvalue weighted by Crippen LogP contribution is -2.11. The van der Waals surface area contributed by atoms with Gasteiger partial charge in [-0.3, -0.25) is 9.20 Å². The zero-order valence-corrected chi connectivity index (χ0v) is 12.0. The number of thiazole rings is 1. The molecule has 3 rings (SSSR count). The number of aryl methyl sites for hydroxylation is 1. The van der Waals surface area contributed by atoms with Crippen LogP contribution in [-0.4, -0.2) is 9.38 Å². The van der Waals surface area contributed by atoms with Crippen molar-refractivity contribution in [2.24, 2.45) is 0 Å². The minimum atomic E-state index is -4.46. The lowest BCUT2D eigenvalue weighted by molar-refractivity contribution is -0.137. The van der Waals surface area contributed by atoms with Crippen molar-refractivity contribution in [1.82, 2.24) is 9.38 Å². The summed E-state index contributed by atoms with van der Waals surface area (Å²) in [5.41, 5.74) is -1.17. The van der Waals surface area contributed by atoms with E-state index in [0.717, 1.165) is 23.1 Å². The molecular formula is C14H9F3N2O2S. The van der Waals surface area contributed by atoms with Crippen LogP contribution in [0, 0.1) is 6.92 Å². The monoisotopic (exact) mass is 326 g/mol. The Morgan fingerprint density at radius 2 is 2.05 bits per heavy atom. The largest absolute Gasteiger partial charge is 0.439 e. The molecule has 0 radical (unpaired) electrons. The first-order valence-electron chi connectivity index (χ1n) is 6.18. The van der Waals surface area contributed by atoms with E-state index in [-0.39, 0.29) is 17.2 Å². The van der Waals surface area contributed by atoms with E-state index in [2.05, 4.69) is 4.98 Å². The number of alkyl halides is 3. The van der Waals surface area contributed by atoms with Crippen molar-refractivity contribution in [3.05, 3.63) is 57.3 Å². The van der Waals surface area contributed by atoms with E-state index in [0.29, 0.717) is 4.96 Å². The molecule has 0 atom stereocenters. The van der Waals surface area contributed by atoms with Crippen molar-refractivity contribution in [2.75, 3.05) is 0 Å². The molecule has 2 heterocycles. The van der Waals surface area contributed by atoms with E-state index < -0.39 is 11.7 Å². The van der Waals surface area contributed by atoms with Crippen molar-refractivity contribution in [3.8, 4) is 11.6 Å². The van der Waals surface area contributed by atoms with Gasteiger partial charge in [0, 0.05) is 11.1 Å². The van der Waals surface area contributed by atoms with Crippen molar-refractivity contribution >= 4 is 16.3 Å². The molecular weight excluding hydrogens is 317 g/mol. The number of nitrogens with zero attached hydrogens (tertiary/aromatic N) is 2. The van der Waals surface area contributed by atoms with Gasteiger partial charge in [0.25, 0.3) is 5.56 Å². The number of rotatable bonds is 2. The van der Waals surface area contributed by atoms with E-state index in [9.17, 15) is 18.0 Å². The molecule has 0 amide bonds. The maximum Gasteiger partial charge on any atom is 0.416 e. The van der Waals surface area contributed by atoms with Gasteiger partial charge in [-0.25, -0.2) is 0 Å². The Labute approximate surface area is 126 Å². The highest BCUT2D eigenvalue weighted by Gasteiger charge is 2.30. The molecule has 22 heavy (non-hydrogen) atoms. The number of aromatic nitrogens is 2. The van der Waals surface area contributed by atoms with Crippen molar-refractivity contribution in [3.63, 3.8) is 0 Å². The maximum atomic E-state index is 12.7. The fourth-order valence-electron chi connectivity index (χ4n) is 1.90. The predicted molar refractivity (Wildman–Crippen MR) is 75.6 cm³/mol. The highest BCUT2D eigenvalue weighted by atomic mass is 32.1. The van der Waals surface area contributed by atoms with Crippen LogP contribution >= 0.6 is 11.3 Å². The number of fused-ring (bicyclic) bond motifs is 1. The SMILES string of the molecule is Cc1cn2c(=O)cc(Oc3cccc(C(F)(F)F)c3)nc2s1. The van der Waals surface area contributed by atoms with Crippen LogP contribution < -0.4 is 10.3 Å². The van der Waals surface area contributed by atoms with Gasteiger partial charge in [-0.05, 0) is 25.1 Å². The molecule has 0 N–H and O–H groups in total. The molecule has 2 aromatic heterocycles. The minimum absolute atomic E-state index is 0.0284. The second-order valence-electron chi connectivity index (χ2n) is 4.55. The smallest absolute Gasteiger partial charge is 0.416 e. The third-order valence-corrected chi connectivity index (χ3v) is 3.74. The number of benzene rings is 1. The predicted octanol–water partition coefficient (Wildman–Crippen LogP) is 3.88. The van der Waals surface area contributed by atoms with Gasteiger partial charge in [-0.15, -0.1) is 11.3 Å². The van der Waals surface area contributed by atoms with E-state index in [4.69, 9.17) is 4.74 Å². The van der Waals surface area contributed by atoms with E-state index in [1.807, 2.05) is 6.92 Å². The summed E-state index contributed by atoms with van der Waals surface area (Å²) in [6, 6.07) is 5.56. The van der Waals surface area contributed by atoms with E-state index in [1.54, 1.807) is 6.20 Å². The Kier molecular flexibility index (Phi) is 3.40. The second kappa shape index (κ2) is 5.13. The Hall–Kier alpha value is -2.35. The highest BCUT2D eigenvalue weighted by Crippen LogP contribution is 2.32. The highest BCUT2D eigenvalue weighted by molar-refractivity contribution is 7.16. The van der Waals surface area contributed by atoms with Crippen LogP contribution in [0.1, 0.15) is 10.4 Å². The lowest BCUT2D eigenvalue weighted by atomic mass is 10.2. The molecule has 114 valence electrons. The van der Waals surface area contributed by atoms with Crippen LogP contribution in [0.2, 0.25) is 0 Å². The summed E-state index contributed by atoms with van der Waals surface area (Å²) in [5, 5.41) is 0. The van der Waals surface area contributed by atoms with Gasteiger partial charge in [0.2, 0.25) is 5.88 Å². The summed E-state index contributed by atoms with van der Waals surface area (Å²) in [7, 11) is 0. The second-order valence-corrected chi connectivity index (χ2v) is 5.77. The number of halogens is 3. The Morgan fingerprint density at radius 1 is 1.27 bits per heavy atom. The average Bonchev–Trinajstić information content (AvgIpc) is 2.79. The molecule has 0 spiro atoms. The Balaban J connectivity index is 1.98. The first-order chi connectivity index (χ1) is 10.3. The zero-order chi connectivity index (χ0) is 15.9. The van der Waals surface area contributed by atoms with E-state index in [1.165, 1.54) is 27.9 Å². The fourth-order valence-corrected chi connectivity index (χ4v) is 2.72. The zero-order valence-electron chi connectivity index (χ0n) is 11.2. The van der Waals surface area contributed by atoms with Crippen LogP contribution in [0.4, 0.5) is 13.2 Å². The van der Waals surface area contributed by atoms with Crippen LogP contribution in [0.25, 0.3) is 4.96 Å². The average molecular weight is 326 g/mol. The molecule has 0 bridgehead atoms. The third-order valence-electron chi connectivity index (χ3n) is 2.84. The number of ether oxygens (including phenoxy) is 1. The Bertz CT molecular complexity index is 899. The summed E-state index contributed by atoms with van der Waals surface area (Å²) in [5.74, 6) is -0.0643. The van der Waals surface area contributed by atoms with Crippen LogP contribution in [0.5, 0.6) is 11.6 Å². The van der Waals surface area contributed by atoms with Gasteiger partial charge in [0.1, 0.15) is 5.75 Å². The first kappa shape index (κ1) is 14.6. The topological polar surface area (TPSA) is 43.6 Å². The van der Waals surface area contributed by atoms with Gasteiger partial charge in [0.05, 0.1) is 11.6 Å². The quantitative estimate of drug-likeness (QED) is 0.718. The molecule has 0 saturated heterocycles. The lowest BCUT2D eigenvalue weighted by Gasteiger charge is -2.09. The number of hydrogen-bond acceptors (Lipinski definition) is 4. The third kappa shape index (κ3) is 2.82. The summed E-state index contributed by atoms with van der Waals surface area (Å²) >= 11 is 1.29. The fraction of sp³-hybridized carbons (Fsp3) is 0.143. The molecule has 1 aromatic carbocycles.